The molecule has 1 aliphatic rings. The van der Waals surface area contributed by atoms with Gasteiger partial charge in [0.25, 0.3) is 0 Å². The molecule has 2 heterocycles. The fraction of sp³-hybridized carbons (Fsp3) is 0.303. The summed E-state index contributed by atoms with van der Waals surface area (Å²) >= 11 is 0. The third-order valence-corrected chi connectivity index (χ3v) is 9.25. The van der Waals surface area contributed by atoms with Crippen molar-refractivity contribution < 1.29 is 17.6 Å². The van der Waals surface area contributed by atoms with Crippen LogP contribution in [0.1, 0.15) is 37.7 Å². The molecule has 0 radical (unpaired) electrons. The van der Waals surface area contributed by atoms with Crippen LogP contribution < -0.4 is 10.2 Å². The molecule has 4 aromatic rings. The number of nitrogens with zero attached hydrogens (tertiary/aromatic N) is 2. The molecule has 7 nitrogen and oxygen atoms in total. The minimum Gasteiger partial charge on any atom is -0.482 e. The standard InChI is InChI=1S/C33H36N2O5S/c1-33(2,3)28-14-12-25(13-15-28)23-40-32-24-39-29(21-31(32)36)22-34-16-18-35(19-17-34)41(37,38)30-11-7-10-27(20-30)26-8-5-4-6-9-26/h4-15,20-21,24H,16-19,22-23H2,1-3H3. The van der Waals surface area contributed by atoms with E-state index in [0.717, 1.165) is 16.7 Å². The maximum atomic E-state index is 13.4. The monoisotopic (exact) mass is 572 g/mol. The third kappa shape index (κ3) is 6.96. The number of sulfonamides is 1. The fourth-order valence-electron chi connectivity index (χ4n) is 4.85. The Bertz CT molecular complexity index is 1630. The van der Waals surface area contributed by atoms with Gasteiger partial charge in [-0.05, 0) is 39.8 Å². The summed E-state index contributed by atoms with van der Waals surface area (Å²) in [4.78, 5) is 15.0. The Balaban J connectivity index is 1.16. The highest BCUT2D eigenvalue weighted by Crippen LogP contribution is 2.25. The first-order valence-electron chi connectivity index (χ1n) is 13.8. The second-order valence-electron chi connectivity index (χ2n) is 11.4. The number of hydrogen-bond acceptors (Lipinski definition) is 6. The lowest BCUT2D eigenvalue weighted by molar-refractivity contribution is 0.169. The van der Waals surface area contributed by atoms with Gasteiger partial charge in [-0.3, -0.25) is 9.69 Å². The van der Waals surface area contributed by atoms with Crippen LogP contribution in [0.25, 0.3) is 11.1 Å². The van der Waals surface area contributed by atoms with Crippen LogP contribution in [-0.2, 0) is 28.6 Å². The highest BCUT2D eigenvalue weighted by Gasteiger charge is 2.29. The van der Waals surface area contributed by atoms with Crippen molar-refractivity contribution in [3.8, 4) is 16.9 Å². The number of ether oxygens (including phenoxy) is 1. The first kappa shape index (κ1) is 28.8. The highest BCUT2D eigenvalue weighted by molar-refractivity contribution is 7.89. The zero-order chi connectivity index (χ0) is 29.0. The quantitative estimate of drug-likeness (QED) is 0.270. The van der Waals surface area contributed by atoms with Crippen molar-refractivity contribution in [1.29, 1.82) is 0 Å². The molecule has 0 bridgehead atoms. The van der Waals surface area contributed by atoms with Crippen LogP contribution in [0.4, 0.5) is 0 Å². The van der Waals surface area contributed by atoms with E-state index < -0.39 is 10.0 Å². The second kappa shape index (κ2) is 12.0. The van der Waals surface area contributed by atoms with Crippen molar-refractivity contribution in [2.45, 2.75) is 44.2 Å². The minimum absolute atomic E-state index is 0.0751. The summed E-state index contributed by atoms with van der Waals surface area (Å²) in [5, 5.41) is 0. The average molecular weight is 573 g/mol. The summed E-state index contributed by atoms with van der Waals surface area (Å²) in [6.45, 7) is 8.97. The van der Waals surface area contributed by atoms with Crippen LogP contribution in [0.5, 0.6) is 5.75 Å². The average Bonchev–Trinajstić information content (AvgIpc) is 2.97. The van der Waals surface area contributed by atoms with Gasteiger partial charge in [-0.1, -0.05) is 87.5 Å². The molecule has 41 heavy (non-hydrogen) atoms. The van der Waals surface area contributed by atoms with E-state index >= 15 is 0 Å². The van der Waals surface area contributed by atoms with Crippen LogP contribution in [0.15, 0.2) is 105 Å². The molecule has 3 aromatic carbocycles. The molecule has 1 aromatic heterocycles. The maximum Gasteiger partial charge on any atom is 0.243 e. The predicted molar refractivity (Wildman–Crippen MR) is 160 cm³/mol. The van der Waals surface area contributed by atoms with E-state index in [-0.39, 0.29) is 23.2 Å². The first-order valence-corrected chi connectivity index (χ1v) is 15.3. The van der Waals surface area contributed by atoms with E-state index in [1.54, 1.807) is 18.2 Å². The lowest BCUT2D eigenvalue weighted by atomic mass is 9.87. The van der Waals surface area contributed by atoms with Crippen LogP contribution >= 0.6 is 0 Å². The molecular formula is C33H36N2O5S. The van der Waals surface area contributed by atoms with Crippen molar-refractivity contribution in [1.82, 2.24) is 9.21 Å². The Kier molecular flexibility index (Phi) is 8.45. The van der Waals surface area contributed by atoms with Gasteiger partial charge in [0.15, 0.2) is 0 Å². The molecule has 0 amide bonds. The van der Waals surface area contributed by atoms with Gasteiger partial charge in [0.05, 0.1) is 11.4 Å². The molecular weight excluding hydrogens is 536 g/mol. The van der Waals surface area contributed by atoms with Gasteiger partial charge < -0.3 is 9.15 Å². The normalized spacial score (nSPS) is 15.1. The third-order valence-electron chi connectivity index (χ3n) is 7.36. The van der Waals surface area contributed by atoms with Crippen molar-refractivity contribution >= 4 is 10.0 Å². The molecule has 214 valence electrons. The van der Waals surface area contributed by atoms with E-state index in [9.17, 15) is 13.2 Å². The van der Waals surface area contributed by atoms with Gasteiger partial charge in [-0.2, -0.15) is 4.31 Å². The molecule has 0 unspecified atom stereocenters. The summed E-state index contributed by atoms with van der Waals surface area (Å²) in [6, 6.07) is 26.5. The van der Waals surface area contributed by atoms with Gasteiger partial charge in [-0.15, -0.1) is 0 Å². The Morgan fingerprint density at radius 3 is 2.17 bits per heavy atom. The van der Waals surface area contributed by atoms with E-state index in [2.05, 4.69) is 37.8 Å². The highest BCUT2D eigenvalue weighted by atomic mass is 32.2. The van der Waals surface area contributed by atoms with Gasteiger partial charge in [-0.25, -0.2) is 8.42 Å². The van der Waals surface area contributed by atoms with Gasteiger partial charge >= 0.3 is 0 Å². The molecule has 0 saturated carbocycles. The summed E-state index contributed by atoms with van der Waals surface area (Å²) in [5.41, 5.74) is 3.89. The van der Waals surface area contributed by atoms with Crippen LogP contribution in [0.2, 0.25) is 0 Å². The molecule has 1 fully saturated rings. The number of piperazine rings is 1. The van der Waals surface area contributed by atoms with Crippen LogP contribution in [0.3, 0.4) is 0 Å². The van der Waals surface area contributed by atoms with Crippen molar-refractivity contribution in [3.05, 3.63) is 118 Å². The maximum absolute atomic E-state index is 13.4. The second-order valence-corrected chi connectivity index (χ2v) is 13.3. The van der Waals surface area contributed by atoms with Crippen molar-refractivity contribution in [2.24, 2.45) is 0 Å². The Morgan fingerprint density at radius 1 is 0.829 bits per heavy atom. The summed E-state index contributed by atoms with van der Waals surface area (Å²) in [7, 11) is -3.62. The smallest absolute Gasteiger partial charge is 0.243 e. The topological polar surface area (TPSA) is 80.1 Å². The molecule has 0 spiro atoms. The van der Waals surface area contributed by atoms with Gasteiger partial charge in [0, 0.05) is 32.2 Å². The SMILES string of the molecule is CC(C)(C)c1ccc(COc2coc(CN3CCN(S(=O)(=O)c4cccc(-c5ccccc5)c4)CC3)cc2=O)cc1. The number of hydrogen-bond donors (Lipinski definition) is 0. The first-order chi connectivity index (χ1) is 19.6. The van der Waals surface area contributed by atoms with E-state index in [1.165, 1.54) is 22.2 Å². The predicted octanol–water partition coefficient (Wildman–Crippen LogP) is 5.69. The minimum atomic E-state index is -3.62. The molecule has 0 atom stereocenters. The van der Waals surface area contributed by atoms with Crippen LogP contribution in [-0.4, -0.2) is 43.8 Å². The lowest BCUT2D eigenvalue weighted by Crippen LogP contribution is -2.48. The van der Waals surface area contributed by atoms with Crippen molar-refractivity contribution in [2.75, 3.05) is 26.2 Å². The summed E-state index contributed by atoms with van der Waals surface area (Å²) < 4.78 is 39.7. The fourth-order valence-corrected chi connectivity index (χ4v) is 6.32. The molecule has 0 N–H and O–H groups in total. The van der Waals surface area contributed by atoms with E-state index in [0.29, 0.717) is 43.4 Å². The molecule has 1 aliphatic heterocycles. The Hall–Kier alpha value is -3.72. The van der Waals surface area contributed by atoms with E-state index in [1.807, 2.05) is 48.5 Å². The largest absolute Gasteiger partial charge is 0.482 e. The van der Waals surface area contributed by atoms with Gasteiger partial charge in [0.1, 0.15) is 18.6 Å². The zero-order valence-electron chi connectivity index (χ0n) is 23.7. The Labute approximate surface area is 242 Å². The molecule has 0 aliphatic carbocycles. The summed E-state index contributed by atoms with van der Waals surface area (Å²) in [6.07, 6.45) is 1.36. The summed E-state index contributed by atoms with van der Waals surface area (Å²) in [5.74, 6) is 0.686. The van der Waals surface area contributed by atoms with Crippen LogP contribution in [0, 0.1) is 0 Å². The molecule has 5 rings (SSSR count). The van der Waals surface area contributed by atoms with Gasteiger partial charge in [0.2, 0.25) is 21.2 Å². The Morgan fingerprint density at radius 2 is 1.51 bits per heavy atom. The lowest BCUT2D eigenvalue weighted by Gasteiger charge is -2.33. The zero-order valence-corrected chi connectivity index (χ0v) is 24.6. The number of benzene rings is 3. The van der Waals surface area contributed by atoms with Crippen molar-refractivity contribution in [3.63, 3.8) is 0 Å². The molecule has 1 saturated heterocycles. The molecule has 8 heteroatoms. The van der Waals surface area contributed by atoms with E-state index in [4.69, 9.17) is 9.15 Å². The number of rotatable bonds is 8.